The number of piperidine rings is 1. The van der Waals surface area contributed by atoms with Gasteiger partial charge in [0.05, 0.1) is 0 Å². The molecule has 3 fully saturated rings. The molecule has 2 N–H and O–H groups in total. The molecule has 1 aromatic heterocycles. The summed E-state index contributed by atoms with van der Waals surface area (Å²) in [4.78, 5) is 38.1. The number of urea groups is 1. The van der Waals surface area contributed by atoms with Crippen molar-refractivity contribution in [3.8, 4) is 0 Å². The van der Waals surface area contributed by atoms with Crippen molar-refractivity contribution in [2.75, 3.05) is 13.1 Å². The highest BCUT2D eigenvalue weighted by Crippen LogP contribution is 2.49. The van der Waals surface area contributed by atoms with Crippen LogP contribution < -0.4 is 10.6 Å². The van der Waals surface area contributed by atoms with Crippen LogP contribution in [0.15, 0.2) is 16.8 Å². The number of hydrogen-bond acceptors (Lipinski definition) is 4. The standard InChI is InChI=1S/C17H21N3O3S/c1-17(15(22)18-16(23)19-17)11-2-5-20(6-3-11)14(21)13-8-12(13)10-4-7-24-9-10/h4,7,9,11-13H,2-3,5-6,8H2,1H3,(H2,18,19,22,23)/t12-,13+,17?/m0/s1. The molecule has 1 aromatic rings. The van der Waals surface area contributed by atoms with Crippen molar-refractivity contribution in [1.82, 2.24) is 15.5 Å². The van der Waals surface area contributed by atoms with Gasteiger partial charge in [-0.3, -0.25) is 14.9 Å². The van der Waals surface area contributed by atoms with Gasteiger partial charge in [0.1, 0.15) is 5.54 Å². The lowest BCUT2D eigenvalue weighted by Gasteiger charge is -2.38. The molecule has 4 amide bonds. The van der Waals surface area contributed by atoms with Crippen LogP contribution in [0.5, 0.6) is 0 Å². The number of imide groups is 1. The molecule has 1 aliphatic carbocycles. The highest BCUT2D eigenvalue weighted by atomic mass is 32.1. The number of nitrogens with one attached hydrogen (secondary N) is 2. The molecular weight excluding hydrogens is 326 g/mol. The van der Waals surface area contributed by atoms with E-state index in [2.05, 4.69) is 27.5 Å². The first kappa shape index (κ1) is 15.6. The van der Waals surface area contributed by atoms with Crippen LogP contribution in [0.3, 0.4) is 0 Å². The molecule has 0 aromatic carbocycles. The Labute approximate surface area is 144 Å². The molecule has 1 unspecified atom stereocenters. The number of nitrogens with zero attached hydrogens (tertiary/aromatic N) is 1. The Morgan fingerprint density at radius 1 is 1.33 bits per heavy atom. The Bertz CT molecular complexity index is 681. The van der Waals surface area contributed by atoms with E-state index in [1.54, 1.807) is 18.3 Å². The van der Waals surface area contributed by atoms with Crippen molar-refractivity contribution in [2.45, 2.75) is 37.6 Å². The Balaban J connectivity index is 1.34. The first-order valence-electron chi connectivity index (χ1n) is 8.43. The fourth-order valence-corrected chi connectivity index (χ4v) is 4.80. The molecule has 0 radical (unpaired) electrons. The summed E-state index contributed by atoms with van der Waals surface area (Å²) in [5.41, 5.74) is 0.441. The first-order valence-corrected chi connectivity index (χ1v) is 9.38. The van der Waals surface area contributed by atoms with Gasteiger partial charge in [0.15, 0.2) is 0 Å². The Hall–Kier alpha value is -1.89. The average molecular weight is 347 g/mol. The molecule has 24 heavy (non-hydrogen) atoms. The molecule has 3 atom stereocenters. The average Bonchev–Trinajstić information content (AvgIpc) is 3.07. The minimum atomic E-state index is -0.842. The van der Waals surface area contributed by atoms with Crippen LogP contribution in [0.1, 0.15) is 37.7 Å². The Morgan fingerprint density at radius 3 is 2.67 bits per heavy atom. The molecule has 3 heterocycles. The maximum absolute atomic E-state index is 12.7. The van der Waals surface area contributed by atoms with Crippen LogP contribution in [-0.4, -0.2) is 41.4 Å². The molecule has 6 nitrogen and oxygen atoms in total. The highest BCUT2D eigenvalue weighted by molar-refractivity contribution is 7.08. The zero-order valence-corrected chi connectivity index (χ0v) is 14.4. The summed E-state index contributed by atoms with van der Waals surface area (Å²) < 4.78 is 0. The van der Waals surface area contributed by atoms with Crippen molar-refractivity contribution in [2.24, 2.45) is 11.8 Å². The summed E-state index contributed by atoms with van der Waals surface area (Å²) in [6.07, 6.45) is 2.43. The molecule has 2 saturated heterocycles. The summed E-state index contributed by atoms with van der Waals surface area (Å²) in [6.45, 7) is 3.10. The van der Waals surface area contributed by atoms with Gasteiger partial charge in [0.25, 0.3) is 5.91 Å². The second-order valence-electron chi connectivity index (χ2n) is 7.22. The minimum absolute atomic E-state index is 0.0693. The van der Waals surface area contributed by atoms with E-state index in [9.17, 15) is 14.4 Å². The van der Waals surface area contributed by atoms with Crippen molar-refractivity contribution in [1.29, 1.82) is 0 Å². The van der Waals surface area contributed by atoms with Gasteiger partial charge >= 0.3 is 6.03 Å². The summed E-state index contributed by atoms with van der Waals surface area (Å²) >= 11 is 1.67. The number of amides is 4. The third kappa shape index (κ3) is 2.51. The van der Waals surface area contributed by atoms with Crippen LogP contribution in [0.4, 0.5) is 4.79 Å². The van der Waals surface area contributed by atoms with E-state index in [-0.39, 0.29) is 23.7 Å². The predicted molar refractivity (Wildman–Crippen MR) is 89.6 cm³/mol. The van der Waals surface area contributed by atoms with Gasteiger partial charge in [-0.1, -0.05) is 0 Å². The second-order valence-corrected chi connectivity index (χ2v) is 8.00. The number of rotatable bonds is 3. The lowest BCUT2D eigenvalue weighted by Crippen LogP contribution is -2.54. The Morgan fingerprint density at radius 2 is 2.08 bits per heavy atom. The minimum Gasteiger partial charge on any atom is -0.342 e. The highest BCUT2D eigenvalue weighted by Gasteiger charge is 2.50. The summed E-state index contributed by atoms with van der Waals surface area (Å²) in [5.74, 6) is 0.576. The molecule has 0 spiro atoms. The van der Waals surface area contributed by atoms with E-state index in [1.165, 1.54) is 5.56 Å². The molecule has 1 saturated carbocycles. The van der Waals surface area contributed by atoms with Gasteiger partial charge in [-0.2, -0.15) is 11.3 Å². The normalized spacial score (nSPS) is 33.3. The van der Waals surface area contributed by atoms with Gasteiger partial charge in [-0.25, -0.2) is 4.79 Å². The maximum atomic E-state index is 12.7. The van der Waals surface area contributed by atoms with E-state index in [0.717, 1.165) is 19.3 Å². The molecule has 7 heteroatoms. The van der Waals surface area contributed by atoms with Crippen LogP contribution in [0.25, 0.3) is 0 Å². The van der Waals surface area contributed by atoms with E-state index in [1.807, 2.05) is 4.90 Å². The van der Waals surface area contributed by atoms with Crippen LogP contribution in [0.2, 0.25) is 0 Å². The van der Waals surface area contributed by atoms with E-state index in [0.29, 0.717) is 19.0 Å². The van der Waals surface area contributed by atoms with Crippen molar-refractivity contribution in [3.05, 3.63) is 22.4 Å². The topological polar surface area (TPSA) is 78.5 Å². The monoisotopic (exact) mass is 347 g/mol. The third-order valence-electron chi connectivity index (χ3n) is 5.77. The van der Waals surface area contributed by atoms with E-state index in [4.69, 9.17) is 0 Å². The summed E-state index contributed by atoms with van der Waals surface area (Å²) in [7, 11) is 0. The lowest BCUT2D eigenvalue weighted by molar-refractivity contribution is -0.135. The molecule has 0 bridgehead atoms. The van der Waals surface area contributed by atoms with Gasteiger partial charge in [-0.15, -0.1) is 0 Å². The maximum Gasteiger partial charge on any atom is 0.322 e. The molecule has 3 aliphatic rings. The third-order valence-corrected chi connectivity index (χ3v) is 6.48. The summed E-state index contributed by atoms with van der Waals surface area (Å²) in [6, 6.07) is 1.69. The van der Waals surface area contributed by atoms with E-state index < -0.39 is 11.6 Å². The zero-order valence-electron chi connectivity index (χ0n) is 13.6. The largest absolute Gasteiger partial charge is 0.342 e. The van der Waals surface area contributed by atoms with Gasteiger partial charge in [0, 0.05) is 19.0 Å². The smallest absolute Gasteiger partial charge is 0.322 e. The van der Waals surface area contributed by atoms with Crippen LogP contribution >= 0.6 is 11.3 Å². The first-order chi connectivity index (χ1) is 11.5. The van der Waals surface area contributed by atoms with Gasteiger partial charge in [-0.05, 0) is 60.4 Å². The number of thiophene rings is 1. The quantitative estimate of drug-likeness (QED) is 0.817. The fourth-order valence-electron chi connectivity index (χ4n) is 4.08. The lowest BCUT2D eigenvalue weighted by atomic mass is 9.79. The summed E-state index contributed by atoms with van der Waals surface area (Å²) in [5, 5.41) is 9.26. The molecule has 2 aliphatic heterocycles. The number of hydrogen-bond donors (Lipinski definition) is 2. The van der Waals surface area contributed by atoms with Crippen molar-refractivity contribution < 1.29 is 14.4 Å². The van der Waals surface area contributed by atoms with Crippen LogP contribution in [0, 0.1) is 11.8 Å². The van der Waals surface area contributed by atoms with Crippen molar-refractivity contribution >= 4 is 29.2 Å². The number of carbonyl (C=O) groups is 3. The fraction of sp³-hybridized carbons (Fsp3) is 0.588. The SMILES string of the molecule is CC1(C2CCN(C(=O)[C@@H]3C[C@H]3c3ccsc3)CC2)NC(=O)NC1=O. The van der Waals surface area contributed by atoms with Crippen molar-refractivity contribution in [3.63, 3.8) is 0 Å². The van der Waals surface area contributed by atoms with Gasteiger partial charge < -0.3 is 10.2 Å². The molecule has 128 valence electrons. The number of carbonyl (C=O) groups excluding carboxylic acids is 3. The molecule has 4 rings (SSSR count). The predicted octanol–water partition coefficient (Wildman–Crippen LogP) is 1.69. The van der Waals surface area contributed by atoms with Gasteiger partial charge in [0.2, 0.25) is 5.91 Å². The zero-order chi connectivity index (χ0) is 16.9. The number of likely N-dealkylation sites (tertiary alicyclic amines) is 1. The Kier molecular flexibility index (Phi) is 3.63. The molecular formula is C17H21N3O3S. The van der Waals surface area contributed by atoms with E-state index >= 15 is 0 Å². The van der Waals surface area contributed by atoms with Crippen LogP contribution in [-0.2, 0) is 9.59 Å². The second kappa shape index (κ2) is 5.58.